The first kappa shape index (κ1) is 26.8. The summed E-state index contributed by atoms with van der Waals surface area (Å²) < 4.78 is 1.76. The summed E-state index contributed by atoms with van der Waals surface area (Å²) in [6.45, 7) is 5.27. The molecule has 0 bridgehead atoms. The van der Waals surface area contributed by atoms with Crippen molar-refractivity contribution in [2.75, 3.05) is 62.4 Å². The maximum atomic E-state index is 13.9. The van der Waals surface area contributed by atoms with Crippen LogP contribution in [0.1, 0.15) is 47.1 Å². The van der Waals surface area contributed by atoms with Gasteiger partial charge in [-0.2, -0.15) is 5.10 Å². The summed E-state index contributed by atoms with van der Waals surface area (Å²) in [5.41, 5.74) is 6.15. The van der Waals surface area contributed by atoms with Crippen LogP contribution in [-0.2, 0) is 24.2 Å². The zero-order valence-corrected chi connectivity index (χ0v) is 23.2. The standard InChI is InChI=1S/C28H37N9O2/c1-5-6-12-34(3)18-25(38)35(4)21-15-31-28(32-16-21)36-13-10-22-24(17-29-2)33-37(26(22)27(36)39)20-8-7-19-9-11-30-23(19)14-20/h7-8,14-16,29-30H,5-6,9-13,17-18H2,1-4H3. The molecule has 5 rings (SSSR count). The Labute approximate surface area is 229 Å². The van der Waals surface area contributed by atoms with Crippen molar-refractivity contribution >= 4 is 29.1 Å². The second kappa shape index (κ2) is 11.5. The minimum atomic E-state index is -0.186. The first-order valence-electron chi connectivity index (χ1n) is 13.6. The van der Waals surface area contributed by atoms with E-state index in [4.69, 9.17) is 5.10 Å². The number of amides is 2. The van der Waals surface area contributed by atoms with Crippen molar-refractivity contribution in [1.82, 2.24) is 30.0 Å². The van der Waals surface area contributed by atoms with Crippen molar-refractivity contribution in [1.29, 1.82) is 0 Å². The number of benzene rings is 1. The lowest BCUT2D eigenvalue weighted by Crippen LogP contribution is -2.40. The van der Waals surface area contributed by atoms with E-state index in [-0.39, 0.29) is 11.8 Å². The molecule has 0 fully saturated rings. The maximum absolute atomic E-state index is 13.9. The number of carbonyl (C=O) groups excluding carboxylic acids is 2. The Bertz CT molecular complexity index is 1350. The van der Waals surface area contributed by atoms with E-state index in [9.17, 15) is 9.59 Å². The Hall–Kier alpha value is -3.83. The SMILES string of the molecule is CCCCN(C)CC(=O)N(C)c1cnc(N2CCc3c(CNC)nn(-c4ccc5c(c4)NCC5)c3C2=O)nc1. The average molecular weight is 532 g/mol. The van der Waals surface area contributed by atoms with E-state index in [0.717, 1.165) is 55.0 Å². The zero-order chi connectivity index (χ0) is 27.5. The quantitative estimate of drug-likeness (QED) is 0.410. The van der Waals surface area contributed by atoms with Crippen molar-refractivity contribution in [2.24, 2.45) is 0 Å². The van der Waals surface area contributed by atoms with Crippen molar-refractivity contribution < 1.29 is 9.59 Å². The normalized spacial score (nSPS) is 14.4. The summed E-state index contributed by atoms with van der Waals surface area (Å²) in [6.07, 6.45) is 6.98. The summed E-state index contributed by atoms with van der Waals surface area (Å²) in [7, 11) is 5.55. The first-order chi connectivity index (χ1) is 18.9. The molecule has 0 saturated heterocycles. The lowest BCUT2D eigenvalue weighted by molar-refractivity contribution is -0.119. The molecule has 11 nitrogen and oxygen atoms in total. The summed E-state index contributed by atoms with van der Waals surface area (Å²) >= 11 is 0. The third-order valence-corrected chi connectivity index (χ3v) is 7.42. The number of anilines is 3. The van der Waals surface area contributed by atoms with Crippen LogP contribution in [0.15, 0.2) is 30.6 Å². The van der Waals surface area contributed by atoms with Crippen molar-refractivity contribution in [2.45, 2.75) is 39.2 Å². The first-order valence-corrected chi connectivity index (χ1v) is 13.6. The van der Waals surface area contributed by atoms with Gasteiger partial charge < -0.3 is 15.5 Å². The molecule has 39 heavy (non-hydrogen) atoms. The number of hydrogen-bond donors (Lipinski definition) is 2. The highest BCUT2D eigenvalue weighted by Crippen LogP contribution is 2.30. The fourth-order valence-corrected chi connectivity index (χ4v) is 5.14. The summed E-state index contributed by atoms with van der Waals surface area (Å²) in [4.78, 5) is 40.8. The second-order valence-corrected chi connectivity index (χ2v) is 10.2. The molecule has 0 radical (unpaired) electrons. The molecule has 0 spiro atoms. The predicted octanol–water partition coefficient (Wildman–Crippen LogP) is 2.25. The highest BCUT2D eigenvalue weighted by molar-refractivity contribution is 6.06. The van der Waals surface area contributed by atoms with Gasteiger partial charge in [-0.05, 0) is 57.6 Å². The number of nitrogens with zero attached hydrogens (tertiary/aromatic N) is 7. The van der Waals surface area contributed by atoms with Gasteiger partial charge in [0.2, 0.25) is 11.9 Å². The van der Waals surface area contributed by atoms with Crippen LogP contribution in [-0.4, -0.2) is 83.8 Å². The molecular formula is C28H37N9O2. The molecule has 3 aromatic rings. The topological polar surface area (TPSA) is 112 Å². The number of unbranched alkanes of at least 4 members (excludes halogenated alkanes) is 1. The van der Waals surface area contributed by atoms with Gasteiger partial charge in [-0.3, -0.25) is 19.4 Å². The Morgan fingerprint density at radius 3 is 2.72 bits per heavy atom. The predicted molar refractivity (Wildman–Crippen MR) is 152 cm³/mol. The molecule has 2 amide bonds. The van der Waals surface area contributed by atoms with Crippen molar-refractivity contribution in [3.8, 4) is 5.69 Å². The molecule has 11 heteroatoms. The summed E-state index contributed by atoms with van der Waals surface area (Å²) in [5, 5.41) is 11.4. The Morgan fingerprint density at radius 1 is 1.18 bits per heavy atom. The van der Waals surface area contributed by atoms with Gasteiger partial charge in [-0.25, -0.2) is 14.6 Å². The van der Waals surface area contributed by atoms with Crippen LogP contribution in [0.3, 0.4) is 0 Å². The lowest BCUT2D eigenvalue weighted by Gasteiger charge is -2.26. The largest absolute Gasteiger partial charge is 0.384 e. The Morgan fingerprint density at radius 2 is 1.97 bits per heavy atom. The molecule has 2 aromatic heterocycles. The van der Waals surface area contributed by atoms with Gasteiger partial charge in [-0.15, -0.1) is 0 Å². The molecule has 0 atom stereocenters. The molecule has 2 aliphatic heterocycles. The van der Waals surface area contributed by atoms with Crippen LogP contribution in [0.4, 0.5) is 17.3 Å². The minimum absolute atomic E-state index is 0.0338. The van der Waals surface area contributed by atoms with Gasteiger partial charge in [0.1, 0.15) is 5.69 Å². The average Bonchev–Trinajstić information content (AvgIpc) is 3.57. The van der Waals surface area contributed by atoms with Gasteiger partial charge in [0, 0.05) is 37.9 Å². The monoisotopic (exact) mass is 531 g/mol. The van der Waals surface area contributed by atoms with Gasteiger partial charge in [0.15, 0.2) is 0 Å². The van der Waals surface area contributed by atoms with Gasteiger partial charge in [0.25, 0.3) is 5.91 Å². The summed E-state index contributed by atoms with van der Waals surface area (Å²) in [5.74, 6) is 0.0941. The lowest BCUT2D eigenvalue weighted by atomic mass is 10.0. The smallest absolute Gasteiger partial charge is 0.279 e. The van der Waals surface area contributed by atoms with Crippen LogP contribution in [0, 0.1) is 0 Å². The van der Waals surface area contributed by atoms with Gasteiger partial charge in [-0.1, -0.05) is 19.4 Å². The fourth-order valence-electron chi connectivity index (χ4n) is 5.14. The van der Waals surface area contributed by atoms with Crippen LogP contribution in [0.2, 0.25) is 0 Å². The highest BCUT2D eigenvalue weighted by atomic mass is 16.2. The van der Waals surface area contributed by atoms with E-state index in [0.29, 0.717) is 43.4 Å². The van der Waals surface area contributed by atoms with Gasteiger partial charge >= 0.3 is 0 Å². The van der Waals surface area contributed by atoms with Crippen molar-refractivity contribution in [3.63, 3.8) is 0 Å². The molecule has 206 valence electrons. The van der Waals surface area contributed by atoms with E-state index >= 15 is 0 Å². The number of rotatable bonds is 10. The number of hydrogen-bond acceptors (Lipinski definition) is 8. The third kappa shape index (κ3) is 5.37. The highest BCUT2D eigenvalue weighted by Gasteiger charge is 2.34. The van der Waals surface area contributed by atoms with Crippen LogP contribution >= 0.6 is 0 Å². The third-order valence-electron chi connectivity index (χ3n) is 7.42. The molecule has 4 heterocycles. The van der Waals surface area contributed by atoms with Gasteiger partial charge in [0.05, 0.1) is 36.0 Å². The minimum Gasteiger partial charge on any atom is -0.384 e. The van der Waals surface area contributed by atoms with E-state index in [1.54, 1.807) is 33.9 Å². The Kier molecular flexibility index (Phi) is 7.89. The molecule has 1 aromatic carbocycles. The van der Waals surface area contributed by atoms with Crippen LogP contribution < -0.4 is 20.4 Å². The molecule has 2 aliphatic rings. The van der Waals surface area contributed by atoms with Crippen LogP contribution in [0.25, 0.3) is 5.69 Å². The number of fused-ring (bicyclic) bond motifs is 2. The number of carbonyl (C=O) groups is 2. The molecule has 0 unspecified atom stereocenters. The number of aromatic nitrogens is 4. The number of likely N-dealkylation sites (N-methyl/N-ethyl adjacent to an activating group) is 2. The fraction of sp³-hybridized carbons (Fsp3) is 0.464. The zero-order valence-electron chi connectivity index (χ0n) is 23.2. The molecule has 0 aliphatic carbocycles. The van der Waals surface area contributed by atoms with Crippen LogP contribution in [0.5, 0.6) is 0 Å². The van der Waals surface area contributed by atoms with E-state index in [1.807, 2.05) is 25.1 Å². The maximum Gasteiger partial charge on any atom is 0.279 e. The van der Waals surface area contributed by atoms with E-state index in [1.165, 1.54) is 5.56 Å². The molecular weight excluding hydrogens is 494 g/mol. The second-order valence-electron chi connectivity index (χ2n) is 10.2. The number of nitrogens with one attached hydrogen (secondary N) is 2. The molecule has 2 N–H and O–H groups in total. The van der Waals surface area contributed by atoms with E-state index < -0.39 is 0 Å². The Balaban J connectivity index is 1.38. The van der Waals surface area contributed by atoms with Crippen molar-refractivity contribution in [3.05, 3.63) is 53.1 Å². The van der Waals surface area contributed by atoms with E-state index in [2.05, 4.69) is 39.7 Å². The summed E-state index contributed by atoms with van der Waals surface area (Å²) in [6, 6.07) is 6.18. The molecule has 0 saturated carbocycles.